The Labute approximate surface area is 123 Å². The number of carbonyl (C=O) groups excluding carboxylic acids is 2. The predicted molar refractivity (Wildman–Crippen MR) is 78.1 cm³/mol. The maximum absolute atomic E-state index is 11.8. The molecule has 0 aliphatic heterocycles. The number of halogens is 1. The lowest BCUT2D eigenvalue weighted by atomic mass is 10.1. The average Bonchev–Trinajstić information content (AvgIpc) is 2.38. The van der Waals surface area contributed by atoms with Gasteiger partial charge in [0, 0.05) is 30.6 Å². The summed E-state index contributed by atoms with van der Waals surface area (Å²) in [6.07, 6.45) is 0.184. The topological polar surface area (TPSA) is 67.4 Å². The number of ether oxygens (including phenoxy) is 1. The van der Waals surface area contributed by atoms with Crippen LogP contribution in [0.15, 0.2) is 12.1 Å². The highest BCUT2D eigenvalue weighted by molar-refractivity contribution is 6.31. The summed E-state index contributed by atoms with van der Waals surface area (Å²) >= 11 is 6.05. The van der Waals surface area contributed by atoms with Crippen molar-refractivity contribution in [3.05, 3.63) is 28.3 Å². The fraction of sp³-hybridized carbons (Fsp3) is 0.429. The summed E-state index contributed by atoms with van der Waals surface area (Å²) in [6.45, 7) is 4.11. The SMILES string of the molecule is COc1cc(C)c(Cl)cc1CC(=O)NCCNC(C)=O. The molecule has 0 spiro atoms. The zero-order valence-corrected chi connectivity index (χ0v) is 12.6. The van der Waals surface area contributed by atoms with Gasteiger partial charge in [-0.05, 0) is 24.6 Å². The van der Waals surface area contributed by atoms with Crippen molar-refractivity contribution >= 4 is 23.4 Å². The first-order valence-electron chi connectivity index (χ1n) is 6.28. The van der Waals surface area contributed by atoms with Crippen LogP contribution in [-0.4, -0.2) is 32.0 Å². The van der Waals surface area contributed by atoms with Gasteiger partial charge in [-0.25, -0.2) is 0 Å². The van der Waals surface area contributed by atoms with Gasteiger partial charge in [-0.2, -0.15) is 0 Å². The van der Waals surface area contributed by atoms with Crippen molar-refractivity contribution in [3.8, 4) is 5.75 Å². The van der Waals surface area contributed by atoms with Gasteiger partial charge in [0.2, 0.25) is 11.8 Å². The standard InChI is InChI=1S/C14H19ClN2O3/c1-9-6-13(20-3)11(7-12(9)15)8-14(19)17-5-4-16-10(2)18/h6-7H,4-5,8H2,1-3H3,(H,16,18)(H,17,19). The monoisotopic (exact) mass is 298 g/mol. The Morgan fingerprint density at radius 2 is 1.90 bits per heavy atom. The van der Waals surface area contributed by atoms with Crippen molar-refractivity contribution in [1.82, 2.24) is 10.6 Å². The maximum Gasteiger partial charge on any atom is 0.224 e. The van der Waals surface area contributed by atoms with Gasteiger partial charge < -0.3 is 15.4 Å². The van der Waals surface area contributed by atoms with E-state index in [1.165, 1.54) is 6.92 Å². The van der Waals surface area contributed by atoms with E-state index in [2.05, 4.69) is 10.6 Å². The minimum absolute atomic E-state index is 0.119. The summed E-state index contributed by atoms with van der Waals surface area (Å²) in [4.78, 5) is 22.5. The summed E-state index contributed by atoms with van der Waals surface area (Å²) in [6, 6.07) is 3.55. The molecule has 0 aliphatic carbocycles. The van der Waals surface area contributed by atoms with Crippen molar-refractivity contribution in [1.29, 1.82) is 0 Å². The van der Waals surface area contributed by atoms with Gasteiger partial charge in [0.25, 0.3) is 0 Å². The number of aryl methyl sites for hydroxylation is 1. The first-order chi connectivity index (χ1) is 9.43. The zero-order valence-electron chi connectivity index (χ0n) is 11.9. The van der Waals surface area contributed by atoms with Crippen LogP contribution in [0, 0.1) is 6.92 Å². The van der Waals surface area contributed by atoms with Gasteiger partial charge in [0.15, 0.2) is 0 Å². The molecular formula is C14H19ClN2O3. The largest absolute Gasteiger partial charge is 0.496 e. The molecule has 1 aromatic rings. The third kappa shape index (κ3) is 5.09. The van der Waals surface area contributed by atoms with Crippen LogP contribution < -0.4 is 15.4 Å². The van der Waals surface area contributed by atoms with Gasteiger partial charge >= 0.3 is 0 Å². The second-order valence-electron chi connectivity index (χ2n) is 4.42. The molecule has 0 bridgehead atoms. The molecule has 0 saturated heterocycles. The second kappa shape index (κ2) is 7.75. The van der Waals surface area contributed by atoms with Gasteiger partial charge in [-0.15, -0.1) is 0 Å². The number of amides is 2. The summed E-state index contributed by atoms with van der Waals surface area (Å²) < 4.78 is 5.24. The lowest BCUT2D eigenvalue weighted by Gasteiger charge is -2.11. The van der Waals surface area contributed by atoms with Gasteiger partial charge in [0.05, 0.1) is 13.5 Å². The van der Waals surface area contributed by atoms with Gasteiger partial charge in [-0.3, -0.25) is 9.59 Å². The molecule has 6 heteroatoms. The van der Waals surface area contributed by atoms with Crippen LogP contribution >= 0.6 is 11.6 Å². The Morgan fingerprint density at radius 3 is 2.50 bits per heavy atom. The van der Waals surface area contributed by atoms with Crippen LogP contribution in [-0.2, 0) is 16.0 Å². The molecule has 0 saturated carbocycles. The van der Waals surface area contributed by atoms with Gasteiger partial charge in [0.1, 0.15) is 5.75 Å². The van der Waals surface area contributed by atoms with E-state index in [4.69, 9.17) is 16.3 Å². The fourth-order valence-corrected chi connectivity index (χ4v) is 1.89. The van der Waals surface area contributed by atoms with Crippen LogP contribution in [0.2, 0.25) is 5.02 Å². The van der Waals surface area contributed by atoms with Crippen molar-refractivity contribution in [3.63, 3.8) is 0 Å². The van der Waals surface area contributed by atoms with Crippen LogP contribution in [0.25, 0.3) is 0 Å². The zero-order chi connectivity index (χ0) is 15.1. The minimum atomic E-state index is -0.145. The van der Waals surface area contributed by atoms with E-state index in [0.29, 0.717) is 23.9 Å². The quantitative estimate of drug-likeness (QED) is 0.781. The number of hydrogen-bond donors (Lipinski definition) is 2. The molecule has 5 nitrogen and oxygen atoms in total. The number of rotatable bonds is 6. The van der Waals surface area contributed by atoms with Crippen LogP contribution in [0.4, 0.5) is 0 Å². The Kier molecular flexibility index (Phi) is 6.31. The third-order valence-corrected chi connectivity index (χ3v) is 3.14. The predicted octanol–water partition coefficient (Wildman–Crippen LogP) is 1.45. The Bertz CT molecular complexity index is 503. The van der Waals surface area contributed by atoms with Crippen LogP contribution in [0.5, 0.6) is 5.75 Å². The molecular weight excluding hydrogens is 280 g/mol. The lowest BCUT2D eigenvalue weighted by molar-refractivity contribution is -0.121. The molecule has 2 N–H and O–H groups in total. The van der Waals surface area contributed by atoms with Gasteiger partial charge in [-0.1, -0.05) is 11.6 Å². The molecule has 0 aromatic heterocycles. The molecule has 1 rings (SSSR count). The number of nitrogens with one attached hydrogen (secondary N) is 2. The van der Waals surface area contributed by atoms with E-state index in [1.807, 2.05) is 13.0 Å². The second-order valence-corrected chi connectivity index (χ2v) is 4.83. The molecule has 1 aromatic carbocycles. The molecule has 0 heterocycles. The van der Waals surface area contributed by atoms with E-state index in [0.717, 1.165) is 11.1 Å². The van der Waals surface area contributed by atoms with Crippen molar-refractivity contribution < 1.29 is 14.3 Å². The van der Waals surface area contributed by atoms with E-state index in [1.54, 1.807) is 13.2 Å². The number of methoxy groups -OCH3 is 1. The molecule has 0 aliphatic rings. The Morgan fingerprint density at radius 1 is 1.25 bits per heavy atom. The first kappa shape index (κ1) is 16.3. The highest BCUT2D eigenvalue weighted by Gasteiger charge is 2.11. The van der Waals surface area contributed by atoms with Crippen molar-refractivity contribution in [2.45, 2.75) is 20.3 Å². The smallest absolute Gasteiger partial charge is 0.224 e. The number of carbonyl (C=O) groups is 2. The Hall–Kier alpha value is -1.75. The fourth-order valence-electron chi connectivity index (χ4n) is 1.70. The highest BCUT2D eigenvalue weighted by Crippen LogP contribution is 2.26. The highest BCUT2D eigenvalue weighted by atomic mass is 35.5. The molecule has 2 amide bonds. The molecule has 0 radical (unpaired) electrons. The molecule has 20 heavy (non-hydrogen) atoms. The van der Waals surface area contributed by atoms with Crippen molar-refractivity contribution in [2.75, 3.05) is 20.2 Å². The first-order valence-corrected chi connectivity index (χ1v) is 6.66. The average molecular weight is 299 g/mol. The maximum atomic E-state index is 11.8. The number of benzene rings is 1. The minimum Gasteiger partial charge on any atom is -0.496 e. The lowest BCUT2D eigenvalue weighted by Crippen LogP contribution is -2.34. The normalized spacial score (nSPS) is 10.0. The molecule has 0 unspecified atom stereocenters. The number of hydrogen-bond acceptors (Lipinski definition) is 3. The molecule has 110 valence electrons. The van der Waals surface area contributed by atoms with E-state index in [9.17, 15) is 9.59 Å². The Balaban J connectivity index is 2.57. The third-order valence-electron chi connectivity index (χ3n) is 2.73. The molecule has 0 atom stereocenters. The summed E-state index contributed by atoms with van der Waals surface area (Å²) in [5.74, 6) is 0.378. The van der Waals surface area contributed by atoms with Crippen molar-refractivity contribution in [2.24, 2.45) is 0 Å². The van der Waals surface area contributed by atoms with Crippen LogP contribution in [0.3, 0.4) is 0 Å². The molecule has 0 fully saturated rings. The van der Waals surface area contributed by atoms with E-state index < -0.39 is 0 Å². The van der Waals surface area contributed by atoms with E-state index in [-0.39, 0.29) is 18.2 Å². The summed E-state index contributed by atoms with van der Waals surface area (Å²) in [5.41, 5.74) is 1.64. The van der Waals surface area contributed by atoms with E-state index >= 15 is 0 Å². The summed E-state index contributed by atoms with van der Waals surface area (Å²) in [5, 5.41) is 5.93. The summed E-state index contributed by atoms with van der Waals surface area (Å²) in [7, 11) is 1.56. The van der Waals surface area contributed by atoms with Crippen LogP contribution in [0.1, 0.15) is 18.1 Å².